The molecule has 0 heterocycles. The second kappa shape index (κ2) is 7.25. The Kier molecular flexibility index (Phi) is 6.64. The topological polar surface area (TPSA) is 71.1 Å². The second-order valence-electron chi connectivity index (χ2n) is 4.04. The van der Waals surface area contributed by atoms with Crippen molar-refractivity contribution < 1.29 is 63.7 Å². The molecule has 0 aromatic rings. The lowest BCUT2D eigenvalue weighted by atomic mass is 9.99. The standard InChI is InChI=1S/C10H10F8O6/c1-21-5(19)23-3-7(11,12)9(15,16)10(17,18)8(13,14)4-24-6(20)22-2/h3-4H2,1-2H3. The van der Waals surface area contributed by atoms with Crippen LogP contribution in [-0.4, -0.2) is 63.4 Å². The highest BCUT2D eigenvalue weighted by molar-refractivity contribution is 5.59. The van der Waals surface area contributed by atoms with Gasteiger partial charge >= 0.3 is 36.0 Å². The average molecular weight is 378 g/mol. The summed E-state index contributed by atoms with van der Waals surface area (Å²) in [5, 5.41) is 0. The van der Waals surface area contributed by atoms with E-state index < -0.39 is 49.2 Å². The van der Waals surface area contributed by atoms with Crippen LogP contribution in [0, 0.1) is 0 Å². The number of alkyl halides is 8. The predicted octanol–water partition coefficient (Wildman–Crippen LogP) is 3.09. The molecule has 0 radical (unpaired) electrons. The normalized spacial score (nSPS) is 13.2. The number of hydrogen-bond acceptors (Lipinski definition) is 6. The molecule has 0 saturated carbocycles. The average Bonchev–Trinajstić information content (AvgIpc) is 2.49. The first kappa shape index (κ1) is 22.0. The van der Waals surface area contributed by atoms with Crippen molar-refractivity contribution >= 4 is 12.3 Å². The third kappa shape index (κ3) is 4.29. The van der Waals surface area contributed by atoms with Gasteiger partial charge in [-0.3, -0.25) is 0 Å². The highest BCUT2D eigenvalue weighted by atomic mass is 19.4. The van der Waals surface area contributed by atoms with Crippen LogP contribution in [0.3, 0.4) is 0 Å². The molecule has 0 aliphatic rings. The van der Waals surface area contributed by atoms with Crippen LogP contribution in [0.25, 0.3) is 0 Å². The van der Waals surface area contributed by atoms with Gasteiger partial charge in [0.05, 0.1) is 14.2 Å². The van der Waals surface area contributed by atoms with E-state index in [0.717, 1.165) is 0 Å². The zero-order valence-corrected chi connectivity index (χ0v) is 11.9. The number of carbonyl (C=O) groups excluding carboxylic acids is 2. The van der Waals surface area contributed by atoms with Gasteiger partial charge in [-0.25, -0.2) is 9.59 Å². The van der Waals surface area contributed by atoms with Crippen LogP contribution >= 0.6 is 0 Å². The molecule has 0 fully saturated rings. The van der Waals surface area contributed by atoms with Gasteiger partial charge in [-0.1, -0.05) is 0 Å². The maximum Gasteiger partial charge on any atom is 0.508 e. The molecule has 0 N–H and O–H groups in total. The van der Waals surface area contributed by atoms with E-state index in [0.29, 0.717) is 14.2 Å². The first-order valence-electron chi connectivity index (χ1n) is 5.59. The molecule has 0 amide bonds. The SMILES string of the molecule is COC(=O)OCC(F)(F)C(F)(F)C(F)(F)C(F)(F)COC(=O)OC. The predicted molar refractivity (Wildman–Crippen MR) is 56.5 cm³/mol. The quantitative estimate of drug-likeness (QED) is 0.501. The minimum absolute atomic E-state index is 0.589. The molecule has 0 aromatic carbocycles. The van der Waals surface area contributed by atoms with Crippen molar-refractivity contribution in [1.29, 1.82) is 0 Å². The molecule has 0 atom stereocenters. The number of halogens is 8. The lowest BCUT2D eigenvalue weighted by Gasteiger charge is -2.35. The molecular formula is C10H10F8O6. The third-order valence-electron chi connectivity index (χ3n) is 2.39. The van der Waals surface area contributed by atoms with E-state index in [9.17, 15) is 44.7 Å². The van der Waals surface area contributed by atoms with E-state index in [1.807, 2.05) is 0 Å². The highest BCUT2D eigenvalue weighted by Crippen LogP contribution is 2.52. The van der Waals surface area contributed by atoms with E-state index in [-0.39, 0.29) is 0 Å². The zero-order chi connectivity index (χ0) is 19.4. The third-order valence-corrected chi connectivity index (χ3v) is 2.39. The summed E-state index contributed by atoms with van der Waals surface area (Å²) in [5.41, 5.74) is 0. The van der Waals surface area contributed by atoms with Crippen LogP contribution < -0.4 is 0 Å². The van der Waals surface area contributed by atoms with Gasteiger partial charge in [-0.15, -0.1) is 0 Å². The van der Waals surface area contributed by atoms with Gasteiger partial charge in [0.2, 0.25) is 0 Å². The van der Waals surface area contributed by atoms with Gasteiger partial charge in [-0.05, 0) is 0 Å². The van der Waals surface area contributed by atoms with E-state index in [1.165, 1.54) is 0 Å². The Morgan fingerprint density at radius 2 is 0.917 bits per heavy atom. The van der Waals surface area contributed by atoms with Crippen LogP contribution in [0.5, 0.6) is 0 Å². The molecule has 0 aliphatic heterocycles. The van der Waals surface area contributed by atoms with Crippen molar-refractivity contribution in [3.05, 3.63) is 0 Å². The zero-order valence-electron chi connectivity index (χ0n) is 11.9. The van der Waals surface area contributed by atoms with Crippen LogP contribution in [-0.2, 0) is 18.9 Å². The first-order chi connectivity index (χ1) is 10.7. The molecule has 0 aliphatic carbocycles. The molecule has 14 heteroatoms. The molecule has 0 rings (SSSR count). The summed E-state index contributed by atoms with van der Waals surface area (Å²) in [6.07, 6.45) is -3.87. The fraction of sp³-hybridized carbons (Fsp3) is 0.800. The molecular weight excluding hydrogens is 368 g/mol. The summed E-state index contributed by atoms with van der Waals surface area (Å²) in [7, 11) is 1.18. The van der Waals surface area contributed by atoms with Gasteiger partial charge in [-0.2, -0.15) is 35.1 Å². The minimum Gasteiger partial charge on any atom is -0.438 e. The number of rotatable bonds is 7. The molecule has 0 spiro atoms. The summed E-state index contributed by atoms with van der Waals surface area (Å²) in [5.74, 6) is -25.2. The Labute approximate surface area is 128 Å². The summed E-state index contributed by atoms with van der Waals surface area (Å²) in [6.45, 7) is -5.34. The smallest absolute Gasteiger partial charge is 0.438 e. The largest absolute Gasteiger partial charge is 0.508 e. The van der Waals surface area contributed by atoms with E-state index >= 15 is 0 Å². The lowest BCUT2D eigenvalue weighted by Crippen LogP contribution is -2.64. The van der Waals surface area contributed by atoms with Crippen molar-refractivity contribution in [2.75, 3.05) is 27.4 Å². The van der Waals surface area contributed by atoms with Crippen molar-refractivity contribution in [2.24, 2.45) is 0 Å². The first-order valence-corrected chi connectivity index (χ1v) is 5.59. The summed E-state index contributed by atoms with van der Waals surface area (Å²) < 4.78 is 120. The summed E-state index contributed by atoms with van der Waals surface area (Å²) in [4.78, 5) is 20.8. The summed E-state index contributed by atoms with van der Waals surface area (Å²) >= 11 is 0. The second-order valence-corrected chi connectivity index (χ2v) is 4.04. The van der Waals surface area contributed by atoms with Gasteiger partial charge in [0.25, 0.3) is 0 Å². The van der Waals surface area contributed by atoms with Crippen molar-refractivity contribution in [3.8, 4) is 0 Å². The van der Waals surface area contributed by atoms with Gasteiger partial charge < -0.3 is 18.9 Å². The molecule has 0 saturated heterocycles. The van der Waals surface area contributed by atoms with E-state index in [1.54, 1.807) is 0 Å². The van der Waals surface area contributed by atoms with Gasteiger partial charge in [0.1, 0.15) is 0 Å². The number of methoxy groups -OCH3 is 2. The summed E-state index contributed by atoms with van der Waals surface area (Å²) in [6, 6.07) is 0. The lowest BCUT2D eigenvalue weighted by molar-refractivity contribution is -0.373. The minimum atomic E-state index is -6.68. The fourth-order valence-electron chi connectivity index (χ4n) is 1.06. The number of hydrogen-bond donors (Lipinski definition) is 0. The van der Waals surface area contributed by atoms with Crippen molar-refractivity contribution in [2.45, 2.75) is 23.7 Å². The molecule has 0 unspecified atom stereocenters. The van der Waals surface area contributed by atoms with Crippen LogP contribution in [0.4, 0.5) is 44.7 Å². The monoisotopic (exact) mass is 378 g/mol. The van der Waals surface area contributed by atoms with Crippen LogP contribution in [0.15, 0.2) is 0 Å². The van der Waals surface area contributed by atoms with Gasteiger partial charge in [0, 0.05) is 0 Å². The van der Waals surface area contributed by atoms with Crippen molar-refractivity contribution in [1.82, 2.24) is 0 Å². The van der Waals surface area contributed by atoms with E-state index in [4.69, 9.17) is 0 Å². The van der Waals surface area contributed by atoms with Crippen LogP contribution in [0.2, 0.25) is 0 Å². The molecule has 0 aromatic heterocycles. The Hall–Kier alpha value is -2.02. The molecule has 0 bridgehead atoms. The maximum absolute atomic E-state index is 13.3. The van der Waals surface area contributed by atoms with E-state index in [2.05, 4.69) is 18.9 Å². The van der Waals surface area contributed by atoms with Gasteiger partial charge in [0.15, 0.2) is 13.2 Å². The Balaban J connectivity index is 5.38. The molecule has 142 valence electrons. The Morgan fingerprint density at radius 1 is 0.667 bits per heavy atom. The highest BCUT2D eigenvalue weighted by Gasteiger charge is 2.81. The Morgan fingerprint density at radius 3 is 1.12 bits per heavy atom. The Bertz CT molecular complexity index is 424. The van der Waals surface area contributed by atoms with Crippen LogP contribution in [0.1, 0.15) is 0 Å². The maximum atomic E-state index is 13.3. The fourth-order valence-corrected chi connectivity index (χ4v) is 1.06. The number of ether oxygens (including phenoxy) is 4. The molecule has 6 nitrogen and oxygen atoms in total. The number of carbonyl (C=O) groups is 2. The molecule has 24 heavy (non-hydrogen) atoms. The van der Waals surface area contributed by atoms with Crippen molar-refractivity contribution in [3.63, 3.8) is 0 Å².